The third-order valence-electron chi connectivity index (χ3n) is 4.20. The van der Waals surface area contributed by atoms with Gasteiger partial charge in [0.1, 0.15) is 6.61 Å². The van der Waals surface area contributed by atoms with E-state index in [1.165, 1.54) is 12.8 Å². The van der Waals surface area contributed by atoms with Gasteiger partial charge in [0.05, 0.1) is 5.56 Å². The molecule has 1 aromatic carbocycles. The molecule has 5 nitrogen and oxygen atoms in total. The SMILES string of the molecule is Cc1cc(C(=O)OCc2cccc(C(N)=O)c2)c(C)n1C1CC1. The molecule has 1 aromatic heterocycles. The summed E-state index contributed by atoms with van der Waals surface area (Å²) in [5, 5.41) is 0. The van der Waals surface area contributed by atoms with E-state index in [0.29, 0.717) is 17.2 Å². The van der Waals surface area contributed by atoms with E-state index in [-0.39, 0.29) is 12.6 Å². The molecule has 0 atom stereocenters. The fourth-order valence-electron chi connectivity index (χ4n) is 2.92. The second kappa shape index (κ2) is 5.91. The molecule has 1 aliphatic carbocycles. The third-order valence-corrected chi connectivity index (χ3v) is 4.20. The van der Waals surface area contributed by atoms with Crippen LogP contribution in [0, 0.1) is 13.8 Å². The number of amides is 1. The molecular weight excluding hydrogens is 292 g/mol. The monoisotopic (exact) mass is 312 g/mol. The Bertz CT molecular complexity index is 773. The van der Waals surface area contributed by atoms with Gasteiger partial charge < -0.3 is 15.0 Å². The summed E-state index contributed by atoms with van der Waals surface area (Å²) in [4.78, 5) is 23.5. The van der Waals surface area contributed by atoms with Crippen molar-refractivity contribution in [2.45, 2.75) is 39.3 Å². The minimum Gasteiger partial charge on any atom is -0.457 e. The lowest BCUT2D eigenvalue weighted by atomic mass is 10.1. The molecule has 1 fully saturated rings. The maximum Gasteiger partial charge on any atom is 0.340 e. The molecular formula is C18H20N2O3. The predicted molar refractivity (Wildman–Crippen MR) is 86.3 cm³/mol. The Morgan fingerprint density at radius 3 is 2.65 bits per heavy atom. The molecule has 2 N–H and O–H groups in total. The van der Waals surface area contributed by atoms with Crippen molar-refractivity contribution in [1.82, 2.24) is 4.57 Å². The Morgan fingerprint density at radius 1 is 1.26 bits per heavy atom. The van der Waals surface area contributed by atoms with Crippen LogP contribution in [0.4, 0.5) is 0 Å². The van der Waals surface area contributed by atoms with Gasteiger partial charge in [-0.25, -0.2) is 4.79 Å². The summed E-state index contributed by atoms with van der Waals surface area (Å²) in [6.07, 6.45) is 2.34. The van der Waals surface area contributed by atoms with Gasteiger partial charge in [0.15, 0.2) is 0 Å². The van der Waals surface area contributed by atoms with Gasteiger partial charge in [-0.05, 0) is 50.5 Å². The molecule has 5 heteroatoms. The number of hydrogen-bond donors (Lipinski definition) is 1. The average molecular weight is 312 g/mol. The molecule has 0 saturated heterocycles. The van der Waals surface area contributed by atoms with Crippen LogP contribution < -0.4 is 5.73 Å². The van der Waals surface area contributed by atoms with Crippen molar-refractivity contribution >= 4 is 11.9 Å². The van der Waals surface area contributed by atoms with Crippen LogP contribution in [0.25, 0.3) is 0 Å². The van der Waals surface area contributed by atoms with Crippen LogP contribution in [0.2, 0.25) is 0 Å². The normalized spacial score (nSPS) is 13.8. The van der Waals surface area contributed by atoms with Gasteiger partial charge in [0, 0.05) is 23.0 Å². The third kappa shape index (κ3) is 3.13. The lowest BCUT2D eigenvalue weighted by molar-refractivity contribution is 0.0471. The highest BCUT2D eigenvalue weighted by Gasteiger charge is 2.28. The van der Waals surface area contributed by atoms with Crippen molar-refractivity contribution in [3.05, 3.63) is 58.4 Å². The van der Waals surface area contributed by atoms with Crippen LogP contribution in [0.5, 0.6) is 0 Å². The van der Waals surface area contributed by atoms with E-state index in [1.54, 1.807) is 24.3 Å². The molecule has 23 heavy (non-hydrogen) atoms. The van der Waals surface area contributed by atoms with Gasteiger partial charge in [-0.3, -0.25) is 4.79 Å². The smallest absolute Gasteiger partial charge is 0.340 e. The van der Waals surface area contributed by atoms with Crippen LogP contribution in [0.3, 0.4) is 0 Å². The topological polar surface area (TPSA) is 74.3 Å². The van der Waals surface area contributed by atoms with Crippen LogP contribution in [0.1, 0.15) is 56.6 Å². The van der Waals surface area contributed by atoms with Gasteiger partial charge in [-0.2, -0.15) is 0 Å². The van der Waals surface area contributed by atoms with E-state index in [2.05, 4.69) is 4.57 Å². The number of carbonyl (C=O) groups excluding carboxylic acids is 2. The molecule has 1 aliphatic rings. The minimum absolute atomic E-state index is 0.118. The molecule has 0 unspecified atom stereocenters. The standard InChI is InChI=1S/C18H20N2O3/c1-11-8-16(12(2)20(11)15-6-7-15)18(22)23-10-13-4-3-5-14(9-13)17(19)21/h3-5,8-9,15H,6-7,10H2,1-2H3,(H2,19,21). The number of ether oxygens (including phenoxy) is 1. The maximum atomic E-state index is 12.3. The van der Waals surface area contributed by atoms with Crippen LogP contribution >= 0.6 is 0 Å². The summed E-state index contributed by atoms with van der Waals surface area (Å²) in [6.45, 7) is 4.08. The Labute approximate surface area is 135 Å². The second-order valence-corrected chi connectivity index (χ2v) is 6.03. The highest BCUT2D eigenvalue weighted by atomic mass is 16.5. The number of hydrogen-bond acceptors (Lipinski definition) is 3. The molecule has 3 rings (SSSR count). The summed E-state index contributed by atoms with van der Waals surface area (Å²) in [5.41, 5.74) is 9.06. The number of nitrogens with zero attached hydrogens (tertiary/aromatic N) is 1. The molecule has 1 saturated carbocycles. The summed E-state index contributed by atoms with van der Waals surface area (Å²) in [7, 11) is 0. The van der Waals surface area contributed by atoms with Crippen LogP contribution in [-0.2, 0) is 11.3 Å². The first kappa shape index (κ1) is 15.3. The molecule has 120 valence electrons. The summed E-state index contributed by atoms with van der Waals surface area (Å²) in [6, 6.07) is 9.22. The molecule has 1 amide bonds. The molecule has 0 bridgehead atoms. The number of nitrogens with two attached hydrogens (primary N) is 1. The molecule has 0 aliphatic heterocycles. The maximum absolute atomic E-state index is 12.3. The fourth-order valence-corrected chi connectivity index (χ4v) is 2.92. The number of esters is 1. The number of aryl methyl sites for hydroxylation is 1. The van der Waals surface area contributed by atoms with Gasteiger partial charge in [0.25, 0.3) is 0 Å². The van der Waals surface area contributed by atoms with Gasteiger partial charge in [0.2, 0.25) is 5.91 Å². The van der Waals surface area contributed by atoms with Crippen LogP contribution in [0.15, 0.2) is 30.3 Å². The number of aromatic nitrogens is 1. The van der Waals surface area contributed by atoms with Gasteiger partial charge in [-0.1, -0.05) is 12.1 Å². The van der Waals surface area contributed by atoms with Crippen molar-refractivity contribution in [3.63, 3.8) is 0 Å². The molecule has 1 heterocycles. The van der Waals surface area contributed by atoms with E-state index < -0.39 is 5.91 Å². The van der Waals surface area contributed by atoms with Crippen molar-refractivity contribution in [1.29, 1.82) is 0 Å². The van der Waals surface area contributed by atoms with Crippen molar-refractivity contribution in [2.24, 2.45) is 5.73 Å². The fraction of sp³-hybridized carbons (Fsp3) is 0.333. The first-order valence-corrected chi connectivity index (χ1v) is 7.71. The largest absolute Gasteiger partial charge is 0.457 e. The minimum atomic E-state index is -0.494. The molecule has 0 radical (unpaired) electrons. The zero-order valence-corrected chi connectivity index (χ0v) is 13.3. The zero-order valence-electron chi connectivity index (χ0n) is 13.3. The highest BCUT2D eigenvalue weighted by molar-refractivity contribution is 5.93. The quantitative estimate of drug-likeness (QED) is 0.863. The Kier molecular flexibility index (Phi) is 3.94. The number of benzene rings is 1. The Balaban J connectivity index is 1.71. The summed E-state index contributed by atoms with van der Waals surface area (Å²) in [5.74, 6) is -0.833. The Hall–Kier alpha value is -2.56. The lowest BCUT2D eigenvalue weighted by Gasteiger charge is -2.08. The highest BCUT2D eigenvalue weighted by Crippen LogP contribution is 2.38. The molecule has 2 aromatic rings. The average Bonchev–Trinajstić information content (AvgIpc) is 3.31. The summed E-state index contributed by atoms with van der Waals surface area (Å²) < 4.78 is 7.61. The zero-order chi connectivity index (χ0) is 16.6. The van der Waals surface area contributed by atoms with E-state index in [0.717, 1.165) is 17.0 Å². The van der Waals surface area contributed by atoms with Crippen molar-refractivity contribution in [2.75, 3.05) is 0 Å². The second-order valence-electron chi connectivity index (χ2n) is 6.03. The number of carbonyl (C=O) groups is 2. The van der Waals surface area contributed by atoms with E-state index in [9.17, 15) is 9.59 Å². The van der Waals surface area contributed by atoms with E-state index in [4.69, 9.17) is 10.5 Å². The van der Waals surface area contributed by atoms with Gasteiger partial charge in [-0.15, -0.1) is 0 Å². The predicted octanol–water partition coefficient (Wildman–Crippen LogP) is 2.90. The van der Waals surface area contributed by atoms with Crippen LogP contribution in [-0.4, -0.2) is 16.4 Å². The summed E-state index contributed by atoms with van der Waals surface area (Å²) >= 11 is 0. The first-order valence-electron chi connectivity index (χ1n) is 7.71. The number of rotatable bonds is 5. The van der Waals surface area contributed by atoms with Crippen molar-refractivity contribution < 1.29 is 14.3 Å². The van der Waals surface area contributed by atoms with Crippen molar-refractivity contribution in [3.8, 4) is 0 Å². The Morgan fingerprint density at radius 2 is 2.00 bits per heavy atom. The lowest BCUT2D eigenvalue weighted by Crippen LogP contribution is -2.12. The van der Waals surface area contributed by atoms with Gasteiger partial charge >= 0.3 is 5.97 Å². The van der Waals surface area contributed by atoms with E-state index >= 15 is 0 Å². The number of primary amides is 1. The molecule has 0 spiro atoms. The first-order chi connectivity index (χ1) is 11.0. The van der Waals surface area contributed by atoms with E-state index in [1.807, 2.05) is 19.9 Å².